The Hall–Kier alpha value is -1.33. The maximum atomic E-state index is 10.9. The van der Waals surface area contributed by atoms with Crippen molar-refractivity contribution in [1.82, 2.24) is 4.98 Å². The molecular formula is C8H12N2O3. The molecule has 1 aromatic rings. The van der Waals surface area contributed by atoms with E-state index in [0.717, 1.165) is 0 Å². The number of aliphatic hydroxyl groups excluding tert-OH is 1. The van der Waals surface area contributed by atoms with Crippen LogP contribution in [-0.4, -0.2) is 21.3 Å². The molecule has 0 amide bonds. The average Bonchev–Trinajstić information content (AvgIpc) is 2.01. The normalized spacial score (nSPS) is 15.3. The fourth-order valence-electron chi connectivity index (χ4n) is 1.02. The van der Waals surface area contributed by atoms with Gasteiger partial charge in [0.25, 0.3) is 5.56 Å². The summed E-state index contributed by atoms with van der Waals surface area (Å²) >= 11 is 0. The van der Waals surface area contributed by atoms with Gasteiger partial charge in [0.1, 0.15) is 0 Å². The standard InChI is InChI=1S/C8H12N2O3/c1-4(11)8(9)5-2-6(12)10-7(13)3-5/h2-4,8,11H,9H2,1H3,(H2,10,12,13)/t4-,8+/m1/s1. The Morgan fingerprint density at radius 2 is 2.15 bits per heavy atom. The average molecular weight is 184 g/mol. The third-order valence-corrected chi connectivity index (χ3v) is 1.76. The molecule has 0 aliphatic carbocycles. The number of pyridine rings is 1. The summed E-state index contributed by atoms with van der Waals surface area (Å²) in [5.41, 5.74) is 5.54. The fraction of sp³-hybridized carbons (Fsp3) is 0.375. The van der Waals surface area contributed by atoms with Gasteiger partial charge in [-0.1, -0.05) is 0 Å². The van der Waals surface area contributed by atoms with Gasteiger partial charge in [0.15, 0.2) is 5.88 Å². The molecule has 2 atom stereocenters. The fourth-order valence-corrected chi connectivity index (χ4v) is 1.02. The smallest absolute Gasteiger partial charge is 0.251 e. The number of aromatic amines is 1. The first kappa shape index (κ1) is 9.76. The van der Waals surface area contributed by atoms with Gasteiger partial charge < -0.3 is 15.9 Å². The van der Waals surface area contributed by atoms with E-state index in [1.165, 1.54) is 19.1 Å². The zero-order valence-corrected chi connectivity index (χ0v) is 7.19. The lowest BCUT2D eigenvalue weighted by atomic mass is 10.1. The van der Waals surface area contributed by atoms with Crippen molar-refractivity contribution in [2.45, 2.75) is 19.1 Å². The van der Waals surface area contributed by atoms with Crippen LogP contribution in [0, 0.1) is 0 Å². The molecule has 5 N–H and O–H groups in total. The minimum absolute atomic E-state index is 0.251. The van der Waals surface area contributed by atoms with Crippen LogP contribution in [-0.2, 0) is 0 Å². The molecule has 1 rings (SSSR count). The quantitative estimate of drug-likeness (QED) is 0.496. The lowest BCUT2D eigenvalue weighted by molar-refractivity contribution is 0.164. The zero-order valence-electron chi connectivity index (χ0n) is 7.19. The molecule has 0 aliphatic heterocycles. The molecule has 13 heavy (non-hydrogen) atoms. The second-order valence-electron chi connectivity index (χ2n) is 2.93. The van der Waals surface area contributed by atoms with E-state index in [4.69, 9.17) is 15.9 Å². The summed E-state index contributed by atoms with van der Waals surface area (Å²) in [6.45, 7) is 1.52. The van der Waals surface area contributed by atoms with Crippen molar-refractivity contribution in [3.63, 3.8) is 0 Å². The first-order valence-corrected chi connectivity index (χ1v) is 3.87. The molecule has 0 radical (unpaired) electrons. The van der Waals surface area contributed by atoms with Gasteiger partial charge in [-0.2, -0.15) is 0 Å². The Bertz CT molecular complexity index is 345. The van der Waals surface area contributed by atoms with Gasteiger partial charge in [0.2, 0.25) is 0 Å². The number of rotatable bonds is 2. The van der Waals surface area contributed by atoms with Crippen molar-refractivity contribution in [2.75, 3.05) is 0 Å². The molecule has 0 aliphatic rings. The number of H-pyrrole nitrogens is 1. The van der Waals surface area contributed by atoms with Crippen molar-refractivity contribution in [1.29, 1.82) is 0 Å². The molecule has 0 saturated heterocycles. The third kappa shape index (κ3) is 2.30. The van der Waals surface area contributed by atoms with Crippen LogP contribution in [0.15, 0.2) is 16.9 Å². The van der Waals surface area contributed by atoms with Crippen LogP contribution in [0.2, 0.25) is 0 Å². The van der Waals surface area contributed by atoms with Gasteiger partial charge in [-0.25, -0.2) is 0 Å². The first-order valence-electron chi connectivity index (χ1n) is 3.87. The highest BCUT2D eigenvalue weighted by molar-refractivity contribution is 5.23. The molecular weight excluding hydrogens is 172 g/mol. The number of aliphatic hydroxyl groups is 1. The van der Waals surface area contributed by atoms with Crippen LogP contribution in [0.3, 0.4) is 0 Å². The lowest BCUT2D eigenvalue weighted by Crippen LogP contribution is -2.24. The number of hydrogen-bond acceptors (Lipinski definition) is 4. The topological polar surface area (TPSA) is 99.3 Å². The minimum Gasteiger partial charge on any atom is -0.495 e. The Labute approximate surface area is 74.8 Å². The Morgan fingerprint density at radius 1 is 1.54 bits per heavy atom. The molecule has 0 unspecified atom stereocenters. The van der Waals surface area contributed by atoms with E-state index in [1.54, 1.807) is 0 Å². The Morgan fingerprint density at radius 3 is 2.62 bits per heavy atom. The summed E-state index contributed by atoms with van der Waals surface area (Å²) in [7, 11) is 0. The van der Waals surface area contributed by atoms with Gasteiger partial charge in [0, 0.05) is 12.1 Å². The molecule has 0 fully saturated rings. The van der Waals surface area contributed by atoms with Gasteiger partial charge in [-0.15, -0.1) is 0 Å². The molecule has 0 bridgehead atoms. The Balaban J connectivity index is 3.08. The van der Waals surface area contributed by atoms with Gasteiger partial charge in [-0.05, 0) is 12.5 Å². The molecule has 1 aromatic heterocycles. The summed E-state index contributed by atoms with van der Waals surface area (Å²) in [6, 6.07) is 1.91. The zero-order chi connectivity index (χ0) is 10.0. The molecule has 1 heterocycles. The molecule has 72 valence electrons. The number of nitrogens with one attached hydrogen (secondary N) is 1. The van der Waals surface area contributed by atoms with Crippen molar-refractivity contribution in [3.05, 3.63) is 28.0 Å². The SMILES string of the molecule is C[C@@H](O)[C@H](N)c1cc(O)[nH]c(=O)c1. The number of hydrogen-bond donors (Lipinski definition) is 4. The van der Waals surface area contributed by atoms with Gasteiger partial charge in [0.05, 0.1) is 12.1 Å². The van der Waals surface area contributed by atoms with E-state index in [-0.39, 0.29) is 5.88 Å². The lowest BCUT2D eigenvalue weighted by Gasteiger charge is -2.14. The van der Waals surface area contributed by atoms with Crippen molar-refractivity contribution >= 4 is 0 Å². The van der Waals surface area contributed by atoms with Crippen LogP contribution >= 0.6 is 0 Å². The second-order valence-corrected chi connectivity index (χ2v) is 2.93. The summed E-state index contributed by atoms with van der Waals surface area (Å²) in [5.74, 6) is -0.251. The van der Waals surface area contributed by atoms with Gasteiger partial charge in [-0.3, -0.25) is 9.78 Å². The van der Waals surface area contributed by atoms with Gasteiger partial charge >= 0.3 is 0 Å². The monoisotopic (exact) mass is 184 g/mol. The van der Waals surface area contributed by atoms with E-state index in [1.807, 2.05) is 0 Å². The second kappa shape index (κ2) is 3.59. The largest absolute Gasteiger partial charge is 0.495 e. The van der Waals surface area contributed by atoms with Crippen molar-refractivity contribution in [2.24, 2.45) is 5.73 Å². The van der Waals surface area contributed by atoms with E-state index >= 15 is 0 Å². The Kier molecular flexibility index (Phi) is 2.69. The highest BCUT2D eigenvalue weighted by atomic mass is 16.3. The van der Waals surface area contributed by atoms with E-state index in [0.29, 0.717) is 5.56 Å². The molecule has 0 saturated carbocycles. The first-order chi connectivity index (χ1) is 6.00. The maximum absolute atomic E-state index is 10.9. The predicted octanol–water partition coefficient (Wildman–Crippen LogP) is -0.539. The third-order valence-electron chi connectivity index (χ3n) is 1.76. The maximum Gasteiger partial charge on any atom is 0.251 e. The minimum atomic E-state index is -0.763. The van der Waals surface area contributed by atoms with E-state index in [2.05, 4.69) is 4.98 Å². The molecule has 5 heteroatoms. The van der Waals surface area contributed by atoms with E-state index < -0.39 is 17.7 Å². The number of aromatic hydroxyl groups is 1. The molecule has 0 spiro atoms. The molecule has 0 aromatic carbocycles. The summed E-state index contributed by atoms with van der Waals surface area (Å²) in [4.78, 5) is 13.1. The predicted molar refractivity (Wildman–Crippen MR) is 47.3 cm³/mol. The van der Waals surface area contributed by atoms with Crippen molar-refractivity contribution in [3.8, 4) is 5.88 Å². The van der Waals surface area contributed by atoms with Crippen LogP contribution in [0.4, 0.5) is 0 Å². The van der Waals surface area contributed by atoms with E-state index in [9.17, 15) is 4.79 Å². The number of aromatic nitrogens is 1. The summed E-state index contributed by atoms with van der Waals surface area (Å²) in [5, 5.41) is 18.2. The number of nitrogens with two attached hydrogens (primary N) is 1. The van der Waals surface area contributed by atoms with Crippen LogP contribution in [0.1, 0.15) is 18.5 Å². The highest BCUT2D eigenvalue weighted by Gasteiger charge is 2.13. The molecule has 5 nitrogen and oxygen atoms in total. The van der Waals surface area contributed by atoms with Crippen molar-refractivity contribution < 1.29 is 10.2 Å². The highest BCUT2D eigenvalue weighted by Crippen LogP contribution is 2.14. The summed E-state index contributed by atoms with van der Waals surface area (Å²) in [6.07, 6.45) is -0.763. The van der Waals surface area contributed by atoms with Crippen LogP contribution in [0.5, 0.6) is 5.88 Å². The van der Waals surface area contributed by atoms with Crippen LogP contribution in [0.25, 0.3) is 0 Å². The summed E-state index contributed by atoms with van der Waals surface area (Å²) < 4.78 is 0. The van der Waals surface area contributed by atoms with Crippen LogP contribution < -0.4 is 11.3 Å².